The lowest BCUT2D eigenvalue weighted by molar-refractivity contribution is 0.707. The summed E-state index contributed by atoms with van der Waals surface area (Å²) in [5.41, 5.74) is 2.12. The van der Waals surface area contributed by atoms with E-state index in [0.29, 0.717) is 11.3 Å². The minimum absolute atomic E-state index is 0.665. The number of hydrogen-bond donors (Lipinski definition) is 1. The van der Waals surface area contributed by atoms with E-state index >= 15 is 0 Å². The maximum atomic E-state index is 5.37. The third-order valence-corrected chi connectivity index (χ3v) is 3.77. The molecule has 1 N–H and O–H groups in total. The average Bonchev–Trinajstić information content (AvgIpc) is 2.86. The number of aromatic nitrogens is 4. The molecule has 0 fully saturated rings. The number of benzene rings is 1. The van der Waals surface area contributed by atoms with Gasteiger partial charge in [-0.05, 0) is 30.4 Å². The fourth-order valence-electron chi connectivity index (χ4n) is 1.97. The number of aromatic amines is 1. The first kappa shape index (κ1) is 11.7. The fraction of sp³-hybridized carbons (Fsp3) is 0.167. The van der Waals surface area contributed by atoms with Gasteiger partial charge in [0.05, 0.1) is 17.6 Å². The second-order valence-electron chi connectivity index (χ2n) is 4.13. The zero-order valence-corrected chi connectivity index (χ0v) is 12.1. The van der Waals surface area contributed by atoms with Crippen molar-refractivity contribution in [3.8, 4) is 0 Å². The van der Waals surface area contributed by atoms with Gasteiger partial charge in [0.25, 0.3) is 0 Å². The highest BCUT2D eigenvalue weighted by molar-refractivity contribution is 9.10. The quantitative estimate of drug-likeness (QED) is 0.735. The highest BCUT2D eigenvalue weighted by Gasteiger charge is 2.07. The van der Waals surface area contributed by atoms with E-state index in [1.54, 1.807) is 6.20 Å². The maximum Gasteiger partial charge on any atom is 0.178 e. The van der Waals surface area contributed by atoms with Crippen molar-refractivity contribution in [2.45, 2.75) is 6.54 Å². The highest BCUT2D eigenvalue weighted by atomic mass is 79.9. The number of fused-ring (bicyclic) bond motifs is 1. The van der Waals surface area contributed by atoms with Crippen LogP contribution < -0.4 is 0 Å². The molecule has 0 aliphatic carbocycles. The lowest BCUT2D eigenvalue weighted by Crippen LogP contribution is -2.05. The van der Waals surface area contributed by atoms with Gasteiger partial charge >= 0.3 is 0 Å². The van der Waals surface area contributed by atoms with Crippen LogP contribution in [-0.4, -0.2) is 19.1 Å². The largest absolute Gasteiger partial charge is 0.337 e. The number of hydrogen-bond acceptors (Lipinski definition) is 2. The normalized spacial score (nSPS) is 11.2. The summed E-state index contributed by atoms with van der Waals surface area (Å²) in [5.74, 6) is 0.979. The van der Waals surface area contributed by atoms with E-state index in [1.807, 2.05) is 29.9 Å². The van der Waals surface area contributed by atoms with Crippen molar-refractivity contribution in [1.29, 1.82) is 0 Å². The van der Waals surface area contributed by atoms with Gasteiger partial charge < -0.3 is 14.1 Å². The number of rotatable bonds is 2. The molecule has 3 rings (SSSR count). The van der Waals surface area contributed by atoms with Gasteiger partial charge in [-0.1, -0.05) is 15.9 Å². The molecular formula is C12H11BrN4S. The monoisotopic (exact) mass is 322 g/mol. The first-order chi connectivity index (χ1) is 8.65. The first-order valence-electron chi connectivity index (χ1n) is 5.49. The molecule has 18 heavy (non-hydrogen) atoms. The van der Waals surface area contributed by atoms with Gasteiger partial charge in [-0.2, -0.15) is 0 Å². The molecule has 4 nitrogen and oxygen atoms in total. The van der Waals surface area contributed by atoms with Crippen LogP contribution >= 0.6 is 28.1 Å². The predicted molar refractivity (Wildman–Crippen MR) is 77.1 cm³/mol. The number of imidazole rings is 2. The van der Waals surface area contributed by atoms with E-state index in [9.17, 15) is 0 Å². The Morgan fingerprint density at radius 3 is 3.00 bits per heavy atom. The third kappa shape index (κ3) is 1.91. The Balaban J connectivity index is 2.17. The van der Waals surface area contributed by atoms with E-state index in [2.05, 4.69) is 36.5 Å². The number of halogens is 1. The summed E-state index contributed by atoms with van der Waals surface area (Å²) in [4.78, 5) is 7.54. The minimum atomic E-state index is 0.665. The summed E-state index contributed by atoms with van der Waals surface area (Å²) in [7, 11) is 1.98. The molecule has 2 heterocycles. The van der Waals surface area contributed by atoms with Crippen molar-refractivity contribution in [3.63, 3.8) is 0 Å². The molecule has 0 aliphatic rings. The van der Waals surface area contributed by atoms with Crippen molar-refractivity contribution in [2.75, 3.05) is 0 Å². The van der Waals surface area contributed by atoms with Crippen LogP contribution in [0.2, 0.25) is 0 Å². The second kappa shape index (κ2) is 4.37. The maximum absolute atomic E-state index is 5.37. The Kier molecular flexibility index (Phi) is 2.83. The van der Waals surface area contributed by atoms with Crippen LogP contribution in [0.15, 0.2) is 35.1 Å². The molecule has 0 amide bonds. The Labute approximate surface area is 117 Å². The van der Waals surface area contributed by atoms with Crippen LogP contribution in [-0.2, 0) is 13.6 Å². The van der Waals surface area contributed by atoms with Crippen molar-refractivity contribution in [3.05, 3.63) is 45.7 Å². The Bertz CT molecular complexity index is 768. The van der Waals surface area contributed by atoms with Crippen molar-refractivity contribution >= 4 is 39.2 Å². The number of H-pyrrole nitrogens is 1. The van der Waals surface area contributed by atoms with E-state index in [1.165, 1.54) is 0 Å². The average molecular weight is 323 g/mol. The van der Waals surface area contributed by atoms with Crippen LogP contribution in [0, 0.1) is 4.77 Å². The second-order valence-corrected chi connectivity index (χ2v) is 5.43. The Morgan fingerprint density at radius 2 is 2.28 bits per heavy atom. The zero-order valence-electron chi connectivity index (χ0n) is 9.72. The lowest BCUT2D eigenvalue weighted by atomic mass is 10.3. The number of nitrogens with one attached hydrogen (secondary N) is 1. The van der Waals surface area contributed by atoms with E-state index in [-0.39, 0.29) is 0 Å². The van der Waals surface area contributed by atoms with Crippen LogP contribution in [0.3, 0.4) is 0 Å². The summed E-state index contributed by atoms with van der Waals surface area (Å²) in [6.07, 6.45) is 3.73. The van der Waals surface area contributed by atoms with Crippen molar-refractivity contribution in [2.24, 2.45) is 7.05 Å². The summed E-state index contributed by atoms with van der Waals surface area (Å²) in [6.45, 7) is 0.665. The van der Waals surface area contributed by atoms with Crippen LogP contribution in [0.5, 0.6) is 0 Å². The topological polar surface area (TPSA) is 38.5 Å². The molecule has 6 heteroatoms. The SMILES string of the molecule is Cn1ccnc1Cn1c(=S)[nH]c2ccc(Br)cc21. The zero-order chi connectivity index (χ0) is 12.7. The molecule has 0 radical (unpaired) electrons. The van der Waals surface area contributed by atoms with E-state index in [0.717, 1.165) is 21.3 Å². The molecule has 0 spiro atoms. The predicted octanol–water partition coefficient (Wildman–Crippen LogP) is 3.24. The molecular weight excluding hydrogens is 312 g/mol. The molecule has 0 saturated carbocycles. The van der Waals surface area contributed by atoms with Gasteiger partial charge in [0, 0.05) is 23.9 Å². The van der Waals surface area contributed by atoms with Crippen LogP contribution in [0.4, 0.5) is 0 Å². The number of nitrogens with zero attached hydrogens (tertiary/aromatic N) is 3. The van der Waals surface area contributed by atoms with Gasteiger partial charge in [0.15, 0.2) is 4.77 Å². The Hall–Kier alpha value is -1.40. The third-order valence-electron chi connectivity index (χ3n) is 2.96. The molecule has 0 bridgehead atoms. The number of aryl methyl sites for hydroxylation is 1. The van der Waals surface area contributed by atoms with Crippen molar-refractivity contribution in [1.82, 2.24) is 19.1 Å². The molecule has 0 atom stereocenters. The molecule has 3 aromatic rings. The lowest BCUT2D eigenvalue weighted by Gasteiger charge is -2.05. The van der Waals surface area contributed by atoms with Gasteiger partial charge in [0.1, 0.15) is 5.82 Å². The molecule has 2 aromatic heterocycles. The summed E-state index contributed by atoms with van der Waals surface area (Å²) >= 11 is 8.85. The smallest absolute Gasteiger partial charge is 0.178 e. The molecule has 0 unspecified atom stereocenters. The minimum Gasteiger partial charge on any atom is -0.337 e. The van der Waals surface area contributed by atoms with Crippen LogP contribution in [0.25, 0.3) is 11.0 Å². The van der Waals surface area contributed by atoms with Gasteiger partial charge in [-0.3, -0.25) is 0 Å². The van der Waals surface area contributed by atoms with Gasteiger partial charge in [-0.15, -0.1) is 0 Å². The molecule has 92 valence electrons. The standard InChI is InChI=1S/C12H11BrN4S/c1-16-5-4-14-11(16)7-17-10-6-8(13)2-3-9(10)15-12(17)18/h2-6H,7H2,1H3,(H,15,18). The molecule has 0 saturated heterocycles. The Morgan fingerprint density at radius 1 is 1.44 bits per heavy atom. The summed E-state index contributed by atoms with van der Waals surface area (Å²) in [6, 6.07) is 6.08. The summed E-state index contributed by atoms with van der Waals surface area (Å²) < 4.78 is 5.81. The summed E-state index contributed by atoms with van der Waals surface area (Å²) in [5, 5.41) is 0. The van der Waals surface area contributed by atoms with Crippen LogP contribution in [0.1, 0.15) is 5.82 Å². The van der Waals surface area contributed by atoms with Gasteiger partial charge in [0.2, 0.25) is 0 Å². The molecule has 1 aromatic carbocycles. The first-order valence-corrected chi connectivity index (χ1v) is 6.69. The fourth-order valence-corrected chi connectivity index (χ4v) is 2.59. The van der Waals surface area contributed by atoms with E-state index < -0.39 is 0 Å². The molecule has 0 aliphatic heterocycles. The van der Waals surface area contributed by atoms with E-state index in [4.69, 9.17) is 12.2 Å². The van der Waals surface area contributed by atoms with Crippen molar-refractivity contribution < 1.29 is 0 Å². The highest BCUT2D eigenvalue weighted by Crippen LogP contribution is 2.20. The van der Waals surface area contributed by atoms with Gasteiger partial charge in [-0.25, -0.2) is 4.98 Å².